The lowest BCUT2D eigenvalue weighted by atomic mass is 10.1. The highest BCUT2D eigenvalue weighted by molar-refractivity contribution is 5.96. The van der Waals surface area contributed by atoms with Gasteiger partial charge in [0.1, 0.15) is 0 Å². The lowest BCUT2D eigenvalue weighted by molar-refractivity contribution is -0.117. The minimum atomic E-state index is -0.132. The summed E-state index contributed by atoms with van der Waals surface area (Å²) in [5.41, 5.74) is 3.27. The van der Waals surface area contributed by atoms with Gasteiger partial charge in [0.2, 0.25) is 5.91 Å². The standard InChI is InChI=1S/C20H22N2O3/c23-13-15-3-1-14(2-4-15)11-12-21-19(24)16-7-9-18(10-8-16)22-20(25)17-5-6-17/h1-4,7-10,17,23H,5-6,11-13H2,(H,21,24)(H,22,25). The van der Waals surface area contributed by atoms with Crippen molar-refractivity contribution in [1.29, 1.82) is 0 Å². The van der Waals surface area contributed by atoms with Gasteiger partial charge < -0.3 is 15.7 Å². The Morgan fingerprint density at radius 2 is 1.60 bits per heavy atom. The molecule has 0 saturated heterocycles. The predicted octanol–water partition coefficient (Wildman–Crippen LogP) is 2.50. The Bertz CT molecular complexity index is 735. The molecule has 2 aromatic carbocycles. The SMILES string of the molecule is O=C(NCCc1ccc(CO)cc1)c1ccc(NC(=O)C2CC2)cc1. The van der Waals surface area contributed by atoms with Crippen molar-refractivity contribution in [2.45, 2.75) is 25.9 Å². The lowest BCUT2D eigenvalue weighted by Crippen LogP contribution is -2.25. The molecule has 1 saturated carbocycles. The van der Waals surface area contributed by atoms with Crippen molar-refractivity contribution in [1.82, 2.24) is 5.32 Å². The highest BCUT2D eigenvalue weighted by Gasteiger charge is 2.29. The molecule has 0 unspecified atom stereocenters. The summed E-state index contributed by atoms with van der Waals surface area (Å²) in [7, 11) is 0. The van der Waals surface area contributed by atoms with E-state index in [0.29, 0.717) is 12.1 Å². The first-order chi connectivity index (χ1) is 12.2. The van der Waals surface area contributed by atoms with Gasteiger partial charge in [-0.1, -0.05) is 24.3 Å². The van der Waals surface area contributed by atoms with Crippen LogP contribution in [0.25, 0.3) is 0 Å². The second-order valence-electron chi connectivity index (χ2n) is 6.32. The first kappa shape index (κ1) is 17.2. The largest absolute Gasteiger partial charge is 0.392 e. The van der Waals surface area contributed by atoms with Crippen LogP contribution in [-0.4, -0.2) is 23.5 Å². The van der Waals surface area contributed by atoms with Crippen molar-refractivity contribution >= 4 is 17.5 Å². The molecule has 1 fully saturated rings. The molecule has 0 aliphatic heterocycles. The van der Waals surface area contributed by atoms with Crippen molar-refractivity contribution in [3.05, 3.63) is 65.2 Å². The molecule has 0 radical (unpaired) electrons. The number of carbonyl (C=O) groups excluding carboxylic acids is 2. The van der Waals surface area contributed by atoms with Gasteiger partial charge in [-0.25, -0.2) is 0 Å². The molecule has 5 heteroatoms. The molecule has 3 N–H and O–H groups in total. The Labute approximate surface area is 147 Å². The van der Waals surface area contributed by atoms with Gasteiger partial charge in [0.15, 0.2) is 0 Å². The fraction of sp³-hybridized carbons (Fsp3) is 0.300. The molecule has 0 aromatic heterocycles. The maximum absolute atomic E-state index is 12.2. The van der Waals surface area contributed by atoms with E-state index in [1.54, 1.807) is 24.3 Å². The minimum absolute atomic E-state index is 0.0358. The molecule has 2 amide bonds. The maximum atomic E-state index is 12.2. The highest BCUT2D eigenvalue weighted by atomic mass is 16.3. The number of aliphatic hydroxyl groups is 1. The van der Waals surface area contributed by atoms with Crippen LogP contribution < -0.4 is 10.6 Å². The van der Waals surface area contributed by atoms with E-state index < -0.39 is 0 Å². The van der Waals surface area contributed by atoms with Crippen LogP contribution in [0.4, 0.5) is 5.69 Å². The number of hydrogen-bond donors (Lipinski definition) is 3. The zero-order chi connectivity index (χ0) is 17.6. The van der Waals surface area contributed by atoms with Crippen LogP contribution in [0.1, 0.15) is 34.3 Å². The Balaban J connectivity index is 1.46. The molecule has 25 heavy (non-hydrogen) atoms. The Morgan fingerprint density at radius 3 is 2.20 bits per heavy atom. The fourth-order valence-electron chi connectivity index (χ4n) is 2.53. The van der Waals surface area contributed by atoms with Gasteiger partial charge in [0, 0.05) is 23.7 Å². The van der Waals surface area contributed by atoms with Gasteiger partial charge in [-0.05, 0) is 54.7 Å². The summed E-state index contributed by atoms with van der Waals surface area (Å²) < 4.78 is 0. The molecule has 0 spiro atoms. The molecule has 1 aliphatic rings. The number of aliphatic hydroxyl groups excluding tert-OH is 1. The van der Waals surface area contributed by atoms with Crippen LogP contribution in [0.2, 0.25) is 0 Å². The second kappa shape index (κ2) is 7.94. The number of carbonyl (C=O) groups is 2. The molecule has 130 valence electrons. The number of benzene rings is 2. The van der Waals surface area contributed by atoms with Crippen molar-refractivity contribution in [2.24, 2.45) is 5.92 Å². The minimum Gasteiger partial charge on any atom is -0.392 e. The van der Waals surface area contributed by atoms with Crippen molar-refractivity contribution in [3.63, 3.8) is 0 Å². The Kier molecular flexibility index (Phi) is 5.46. The first-order valence-corrected chi connectivity index (χ1v) is 8.53. The van der Waals surface area contributed by atoms with E-state index in [1.165, 1.54) is 0 Å². The molecular weight excluding hydrogens is 316 g/mol. The number of nitrogens with one attached hydrogen (secondary N) is 2. The summed E-state index contributed by atoms with van der Waals surface area (Å²) in [6.45, 7) is 0.575. The number of rotatable bonds is 7. The first-order valence-electron chi connectivity index (χ1n) is 8.53. The van der Waals surface area contributed by atoms with Gasteiger partial charge in [-0.3, -0.25) is 9.59 Å². The average molecular weight is 338 g/mol. The molecular formula is C20H22N2O3. The summed E-state index contributed by atoms with van der Waals surface area (Å²) in [6, 6.07) is 14.6. The molecule has 0 heterocycles. The lowest BCUT2D eigenvalue weighted by Gasteiger charge is -2.08. The van der Waals surface area contributed by atoms with E-state index in [1.807, 2.05) is 24.3 Å². The summed E-state index contributed by atoms with van der Waals surface area (Å²) in [6.07, 6.45) is 2.66. The van der Waals surface area contributed by atoms with Crippen LogP contribution in [0.15, 0.2) is 48.5 Å². The van der Waals surface area contributed by atoms with Crippen LogP contribution in [-0.2, 0) is 17.8 Å². The topological polar surface area (TPSA) is 78.4 Å². The van der Waals surface area contributed by atoms with E-state index in [-0.39, 0.29) is 24.3 Å². The van der Waals surface area contributed by atoms with E-state index in [2.05, 4.69) is 10.6 Å². The van der Waals surface area contributed by atoms with Crippen molar-refractivity contribution in [2.75, 3.05) is 11.9 Å². The van der Waals surface area contributed by atoms with E-state index in [0.717, 1.165) is 36.1 Å². The smallest absolute Gasteiger partial charge is 0.251 e. The summed E-state index contributed by atoms with van der Waals surface area (Å²) in [4.78, 5) is 23.9. The quantitative estimate of drug-likeness (QED) is 0.726. The van der Waals surface area contributed by atoms with Crippen LogP contribution in [0.3, 0.4) is 0 Å². The molecule has 0 atom stereocenters. The fourth-order valence-corrected chi connectivity index (χ4v) is 2.53. The Hall–Kier alpha value is -2.66. The number of hydrogen-bond acceptors (Lipinski definition) is 3. The molecule has 1 aliphatic carbocycles. The third-order valence-electron chi connectivity index (χ3n) is 4.27. The van der Waals surface area contributed by atoms with Crippen LogP contribution in [0, 0.1) is 5.92 Å². The molecule has 2 aromatic rings. The van der Waals surface area contributed by atoms with E-state index in [9.17, 15) is 9.59 Å². The van der Waals surface area contributed by atoms with Crippen molar-refractivity contribution in [3.8, 4) is 0 Å². The third kappa shape index (κ3) is 4.90. The van der Waals surface area contributed by atoms with Crippen LogP contribution in [0.5, 0.6) is 0 Å². The van der Waals surface area contributed by atoms with Gasteiger partial charge in [-0.15, -0.1) is 0 Å². The Morgan fingerprint density at radius 1 is 0.960 bits per heavy atom. The molecule has 3 rings (SSSR count). The third-order valence-corrected chi connectivity index (χ3v) is 4.27. The average Bonchev–Trinajstić information content (AvgIpc) is 3.48. The van der Waals surface area contributed by atoms with E-state index >= 15 is 0 Å². The molecule has 0 bridgehead atoms. The zero-order valence-electron chi connectivity index (χ0n) is 14.0. The zero-order valence-corrected chi connectivity index (χ0v) is 14.0. The van der Waals surface area contributed by atoms with Gasteiger partial charge in [0.25, 0.3) is 5.91 Å². The summed E-state index contributed by atoms with van der Waals surface area (Å²) >= 11 is 0. The monoisotopic (exact) mass is 338 g/mol. The highest BCUT2D eigenvalue weighted by Crippen LogP contribution is 2.30. The normalized spacial score (nSPS) is 13.3. The van der Waals surface area contributed by atoms with Crippen LogP contribution >= 0.6 is 0 Å². The number of amides is 2. The molecule has 5 nitrogen and oxygen atoms in total. The maximum Gasteiger partial charge on any atom is 0.251 e. The van der Waals surface area contributed by atoms with Crippen molar-refractivity contribution < 1.29 is 14.7 Å². The van der Waals surface area contributed by atoms with E-state index in [4.69, 9.17) is 5.11 Å². The number of anilines is 1. The van der Waals surface area contributed by atoms with Gasteiger partial charge >= 0.3 is 0 Å². The summed E-state index contributed by atoms with van der Waals surface area (Å²) in [5.74, 6) is 0.0888. The van der Waals surface area contributed by atoms with Gasteiger partial charge in [0.05, 0.1) is 6.61 Å². The van der Waals surface area contributed by atoms with Gasteiger partial charge in [-0.2, -0.15) is 0 Å². The predicted molar refractivity (Wildman–Crippen MR) is 96.2 cm³/mol. The second-order valence-corrected chi connectivity index (χ2v) is 6.32. The summed E-state index contributed by atoms with van der Waals surface area (Å²) in [5, 5.41) is 14.8.